The van der Waals surface area contributed by atoms with Crippen molar-refractivity contribution in [1.82, 2.24) is 19.2 Å². The van der Waals surface area contributed by atoms with Crippen molar-refractivity contribution in [2.75, 3.05) is 13.1 Å². The molecule has 0 fully saturated rings. The first kappa shape index (κ1) is 15.0. The van der Waals surface area contributed by atoms with Gasteiger partial charge in [-0.1, -0.05) is 19.9 Å². The minimum atomic E-state index is 0.0682. The molecule has 0 unspecified atom stereocenters. The molecule has 0 bridgehead atoms. The van der Waals surface area contributed by atoms with Crippen molar-refractivity contribution < 1.29 is 0 Å². The third-order valence-corrected chi connectivity index (χ3v) is 4.40. The Morgan fingerprint density at radius 3 is 2.86 bits per heavy atom. The van der Waals surface area contributed by atoms with Gasteiger partial charge in [-0.25, -0.2) is 0 Å². The molecular weight excluding hydrogens is 276 g/mol. The summed E-state index contributed by atoms with van der Waals surface area (Å²) in [5.41, 5.74) is 2.93. The number of pyridine rings is 1. The van der Waals surface area contributed by atoms with Crippen molar-refractivity contribution in [3.8, 4) is 0 Å². The highest BCUT2D eigenvalue weighted by atomic mass is 16.1. The molecule has 118 valence electrons. The molecule has 0 spiro atoms. The molecule has 0 aromatic carbocycles. The third-order valence-electron chi connectivity index (χ3n) is 4.40. The van der Waals surface area contributed by atoms with Crippen LogP contribution in [0, 0.1) is 5.41 Å². The van der Waals surface area contributed by atoms with Gasteiger partial charge in [0.2, 0.25) is 0 Å². The van der Waals surface area contributed by atoms with E-state index in [-0.39, 0.29) is 11.0 Å². The van der Waals surface area contributed by atoms with E-state index in [9.17, 15) is 4.79 Å². The van der Waals surface area contributed by atoms with Gasteiger partial charge in [0.15, 0.2) is 0 Å². The van der Waals surface area contributed by atoms with E-state index < -0.39 is 0 Å². The summed E-state index contributed by atoms with van der Waals surface area (Å²) in [5, 5.41) is 4.41. The van der Waals surface area contributed by atoms with Crippen molar-refractivity contribution in [3.63, 3.8) is 0 Å². The molecule has 1 aliphatic heterocycles. The van der Waals surface area contributed by atoms with Crippen LogP contribution < -0.4 is 5.56 Å². The quantitative estimate of drug-likeness (QED) is 0.866. The van der Waals surface area contributed by atoms with Crippen molar-refractivity contribution >= 4 is 0 Å². The third kappa shape index (κ3) is 3.14. The van der Waals surface area contributed by atoms with Gasteiger partial charge < -0.3 is 4.57 Å². The highest BCUT2D eigenvalue weighted by molar-refractivity contribution is 5.20. The first-order chi connectivity index (χ1) is 10.4. The molecule has 2 aromatic rings. The summed E-state index contributed by atoms with van der Waals surface area (Å²) in [7, 11) is 2.02. The van der Waals surface area contributed by atoms with Gasteiger partial charge in [-0.05, 0) is 17.9 Å². The molecule has 0 atom stereocenters. The number of nitrogens with zero attached hydrogens (tertiary/aromatic N) is 4. The molecule has 0 aliphatic carbocycles. The van der Waals surface area contributed by atoms with Crippen LogP contribution in [0.1, 0.15) is 25.1 Å². The molecule has 0 saturated carbocycles. The van der Waals surface area contributed by atoms with Crippen molar-refractivity contribution in [2.24, 2.45) is 12.5 Å². The maximum absolute atomic E-state index is 11.8. The van der Waals surface area contributed by atoms with Crippen LogP contribution in [0.25, 0.3) is 0 Å². The van der Waals surface area contributed by atoms with Gasteiger partial charge in [0.05, 0.1) is 6.20 Å². The van der Waals surface area contributed by atoms with E-state index in [1.807, 2.05) is 30.2 Å². The Hall–Kier alpha value is -1.88. The van der Waals surface area contributed by atoms with Crippen molar-refractivity contribution in [1.29, 1.82) is 0 Å². The van der Waals surface area contributed by atoms with Crippen LogP contribution in [0.3, 0.4) is 0 Å². The molecule has 5 nitrogen and oxygen atoms in total. The molecule has 2 aromatic heterocycles. The lowest BCUT2D eigenvalue weighted by Crippen LogP contribution is -2.36. The van der Waals surface area contributed by atoms with Gasteiger partial charge >= 0.3 is 0 Å². The Bertz CT molecular complexity index is 713. The van der Waals surface area contributed by atoms with Gasteiger partial charge in [-0.3, -0.25) is 14.4 Å². The first-order valence-electron chi connectivity index (χ1n) is 7.82. The molecule has 3 rings (SSSR count). The van der Waals surface area contributed by atoms with E-state index in [4.69, 9.17) is 0 Å². The molecule has 5 heteroatoms. The monoisotopic (exact) mass is 300 g/mol. The second kappa shape index (κ2) is 5.72. The van der Waals surface area contributed by atoms with E-state index >= 15 is 0 Å². The van der Waals surface area contributed by atoms with E-state index in [0.717, 1.165) is 32.6 Å². The Balaban J connectivity index is 1.77. The number of hydrogen-bond donors (Lipinski definition) is 0. The Morgan fingerprint density at radius 2 is 2.09 bits per heavy atom. The highest BCUT2D eigenvalue weighted by Crippen LogP contribution is 2.29. The zero-order valence-corrected chi connectivity index (χ0v) is 13.6. The predicted molar refractivity (Wildman–Crippen MR) is 86.7 cm³/mol. The second-order valence-electron chi connectivity index (χ2n) is 7.02. The van der Waals surface area contributed by atoms with Crippen LogP contribution >= 0.6 is 0 Å². The molecule has 0 saturated heterocycles. The van der Waals surface area contributed by atoms with Crippen LogP contribution in [-0.2, 0) is 26.6 Å². The highest BCUT2D eigenvalue weighted by Gasteiger charge is 2.29. The summed E-state index contributed by atoms with van der Waals surface area (Å²) in [6, 6.07) is 5.31. The predicted octanol–water partition coefficient (Wildman–Crippen LogP) is 1.67. The lowest BCUT2D eigenvalue weighted by molar-refractivity contribution is 0.174. The maximum Gasteiger partial charge on any atom is 0.250 e. The van der Waals surface area contributed by atoms with Gasteiger partial charge in [0.1, 0.15) is 0 Å². The van der Waals surface area contributed by atoms with Crippen LogP contribution in [0.15, 0.2) is 35.4 Å². The lowest BCUT2D eigenvalue weighted by Gasteiger charge is -2.29. The molecule has 1 aliphatic rings. The fourth-order valence-corrected chi connectivity index (χ4v) is 3.33. The maximum atomic E-state index is 11.8. The van der Waals surface area contributed by atoms with E-state index in [0.29, 0.717) is 0 Å². The van der Waals surface area contributed by atoms with E-state index in [1.165, 1.54) is 11.3 Å². The average molecular weight is 300 g/mol. The van der Waals surface area contributed by atoms with Crippen LogP contribution in [-0.4, -0.2) is 32.3 Å². The summed E-state index contributed by atoms with van der Waals surface area (Å²) in [6.45, 7) is 8.15. The van der Waals surface area contributed by atoms with Gasteiger partial charge in [0, 0.05) is 56.7 Å². The molecule has 0 radical (unpaired) electrons. The largest absolute Gasteiger partial charge is 0.314 e. The molecular formula is C17H24N4O. The Morgan fingerprint density at radius 1 is 1.27 bits per heavy atom. The molecule has 0 amide bonds. The van der Waals surface area contributed by atoms with Crippen LogP contribution in [0.2, 0.25) is 0 Å². The van der Waals surface area contributed by atoms with Crippen LogP contribution in [0.5, 0.6) is 0 Å². The topological polar surface area (TPSA) is 43.1 Å². The van der Waals surface area contributed by atoms with E-state index in [2.05, 4.69) is 23.8 Å². The summed E-state index contributed by atoms with van der Waals surface area (Å²) < 4.78 is 3.78. The summed E-state index contributed by atoms with van der Waals surface area (Å²) >= 11 is 0. The fourth-order valence-electron chi connectivity index (χ4n) is 3.33. The molecule has 0 N–H and O–H groups in total. The first-order valence-corrected chi connectivity index (χ1v) is 7.82. The molecule has 22 heavy (non-hydrogen) atoms. The van der Waals surface area contributed by atoms with Crippen molar-refractivity contribution in [2.45, 2.75) is 33.4 Å². The number of aryl methyl sites for hydroxylation is 1. The minimum Gasteiger partial charge on any atom is -0.314 e. The fraction of sp³-hybridized carbons (Fsp3) is 0.529. The average Bonchev–Trinajstić information content (AvgIpc) is 2.71. The van der Waals surface area contributed by atoms with Gasteiger partial charge in [-0.2, -0.15) is 5.10 Å². The number of hydrogen-bond acceptors (Lipinski definition) is 3. The SMILES string of the molecule is Cn1ncc2c1CC(C)(C)CN(CCn1ccccc1=O)C2. The summed E-state index contributed by atoms with van der Waals surface area (Å²) in [5.74, 6) is 0. The van der Waals surface area contributed by atoms with Crippen molar-refractivity contribution in [3.05, 3.63) is 52.2 Å². The zero-order chi connectivity index (χ0) is 15.7. The van der Waals surface area contributed by atoms with Gasteiger partial charge in [-0.15, -0.1) is 0 Å². The number of fused-ring (bicyclic) bond motifs is 1. The summed E-state index contributed by atoms with van der Waals surface area (Å²) in [6.07, 6.45) is 4.89. The Kier molecular flexibility index (Phi) is 3.91. The number of aromatic nitrogens is 3. The zero-order valence-electron chi connectivity index (χ0n) is 13.6. The minimum absolute atomic E-state index is 0.0682. The smallest absolute Gasteiger partial charge is 0.250 e. The van der Waals surface area contributed by atoms with E-state index in [1.54, 1.807) is 16.7 Å². The molecule has 3 heterocycles. The Labute approximate surface area is 131 Å². The lowest BCUT2D eigenvalue weighted by atomic mass is 9.87. The summed E-state index contributed by atoms with van der Waals surface area (Å²) in [4.78, 5) is 14.3. The normalized spacial score (nSPS) is 18.0. The second-order valence-corrected chi connectivity index (χ2v) is 7.02. The van der Waals surface area contributed by atoms with Gasteiger partial charge in [0.25, 0.3) is 5.56 Å². The standard InChI is InChI=1S/C17H24N4O/c1-17(2)10-15-14(11-18-19(15)3)12-20(13-17)8-9-21-7-5-4-6-16(21)22/h4-7,11H,8-10,12-13H2,1-3H3. The van der Waals surface area contributed by atoms with Crippen LogP contribution in [0.4, 0.5) is 0 Å². The number of rotatable bonds is 3.